The number of likely N-dealkylation sites (tertiary alicyclic amines) is 1. The van der Waals surface area contributed by atoms with Gasteiger partial charge < -0.3 is 4.90 Å². The monoisotopic (exact) mass is 381 g/mol. The molecule has 0 bridgehead atoms. The van der Waals surface area contributed by atoms with Crippen molar-refractivity contribution in [2.24, 2.45) is 11.8 Å². The lowest BCUT2D eigenvalue weighted by Crippen LogP contribution is -2.22. The highest BCUT2D eigenvalue weighted by atomic mass is 127. The summed E-state index contributed by atoms with van der Waals surface area (Å²) in [7, 11) is 0. The van der Waals surface area contributed by atoms with Gasteiger partial charge in [0.05, 0.1) is 0 Å². The van der Waals surface area contributed by atoms with E-state index in [0.717, 1.165) is 11.8 Å². The van der Waals surface area contributed by atoms with Crippen LogP contribution in [0.1, 0.15) is 13.8 Å². The van der Waals surface area contributed by atoms with Crippen molar-refractivity contribution in [3.63, 3.8) is 0 Å². The van der Waals surface area contributed by atoms with E-state index in [9.17, 15) is 0 Å². The molecule has 68 valence electrons. The van der Waals surface area contributed by atoms with Gasteiger partial charge in [0.2, 0.25) is 0 Å². The Morgan fingerprint density at radius 1 is 1.27 bits per heavy atom. The maximum Gasteiger partial charge on any atom is 0.0123 e. The van der Waals surface area contributed by atoms with Crippen molar-refractivity contribution in [1.82, 2.24) is 4.90 Å². The van der Waals surface area contributed by atoms with E-state index >= 15 is 0 Å². The fourth-order valence-electron chi connectivity index (χ4n) is 1.55. The second-order valence-electron chi connectivity index (χ2n) is 3.40. The summed E-state index contributed by atoms with van der Waals surface area (Å²) in [4.78, 5) is 2.57. The van der Waals surface area contributed by atoms with Crippen LogP contribution in [0.5, 0.6) is 0 Å². The third-order valence-corrected chi connectivity index (χ3v) is 2.95. The molecule has 0 radical (unpaired) electrons. The molecule has 1 fully saturated rings. The summed E-state index contributed by atoms with van der Waals surface area (Å²) in [5, 5.41) is 0. The number of hydrogen-bond donors (Lipinski definition) is 0. The third-order valence-electron chi connectivity index (χ3n) is 2.46. The smallest absolute Gasteiger partial charge is 0.0123 e. The first-order chi connectivity index (χ1) is 4.74. The standard InChI is InChI=1S/C8H16IN.HI/c1-7-5-10(4-3-9)6-8(7)2;/h7-8H,3-6H2,1-2H3;1H/t7-,8+;. The number of nitrogens with zero attached hydrogens (tertiary/aromatic N) is 1. The highest BCUT2D eigenvalue weighted by Crippen LogP contribution is 2.21. The predicted octanol–water partition coefficient (Wildman–Crippen LogP) is 2.63. The Kier molecular flexibility index (Phi) is 6.73. The Hall–Kier alpha value is 1.42. The minimum absolute atomic E-state index is 0. The van der Waals surface area contributed by atoms with Gasteiger partial charge in [-0.05, 0) is 11.8 Å². The van der Waals surface area contributed by atoms with Crippen LogP contribution in [0.2, 0.25) is 0 Å². The fraction of sp³-hybridized carbons (Fsp3) is 1.00. The first-order valence-electron chi connectivity index (χ1n) is 4.02. The van der Waals surface area contributed by atoms with Gasteiger partial charge in [0.25, 0.3) is 0 Å². The van der Waals surface area contributed by atoms with Crippen LogP contribution in [0.15, 0.2) is 0 Å². The first kappa shape index (κ1) is 12.4. The molecule has 1 rings (SSSR count). The quantitative estimate of drug-likeness (QED) is 0.525. The minimum atomic E-state index is 0. The van der Waals surface area contributed by atoms with Crippen molar-refractivity contribution < 1.29 is 0 Å². The molecule has 0 spiro atoms. The van der Waals surface area contributed by atoms with Crippen LogP contribution in [0.4, 0.5) is 0 Å². The lowest BCUT2D eigenvalue weighted by Gasteiger charge is -2.12. The molecule has 0 aliphatic carbocycles. The Morgan fingerprint density at radius 2 is 1.73 bits per heavy atom. The number of halogens is 2. The zero-order valence-electron chi connectivity index (χ0n) is 7.22. The van der Waals surface area contributed by atoms with E-state index in [1.807, 2.05) is 0 Å². The Labute approximate surface area is 100 Å². The molecule has 0 N–H and O–H groups in total. The molecule has 1 nitrogen and oxygen atoms in total. The van der Waals surface area contributed by atoms with Gasteiger partial charge in [0.1, 0.15) is 0 Å². The van der Waals surface area contributed by atoms with E-state index in [2.05, 4.69) is 41.3 Å². The molecule has 1 aliphatic heterocycles. The van der Waals surface area contributed by atoms with E-state index in [1.165, 1.54) is 24.1 Å². The molecule has 3 heteroatoms. The number of alkyl halides is 1. The van der Waals surface area contributed by atoms with Crippen LogP contribution in [0.25, 0.3) is 0 Å². The summed E-state index contributed by atoms with van der Waals surface area (Å²) in [5.74, 6) is 1.84. The fourth-order valence-corrected chi connectivity index (χ4v) is 2.23. The van der Waals surface area contributed by atoms with Gasteiger partial charge in [0, 0.05) is 24.1 Å². The summed E-state index contributed by atoms with van der Waals surface area (Å²) in [6.45, 7) is 8.65. The van der Waals surface area contributed by atoms with Crippen LogP contribution < -0.4 is 0 Å². The van der Waals surface area contributed by atoms with Crippen molar-refractivity contribution in [1.29, 1.82) is 0 Å². The third kappa shape index (κ3) is 3.76. The summed E-state index contributed by atoms with van der Waals surface area (Å²) in [5.41, 5.74) is 0. The van der Waals surface area contributed by atoms with Gasteiger partial charge in [0.15, 0.2) is 0 Å². The van der Waals surface area contributed by atoms with Crippen molar-refractivity contribution in [2.45, 2.75) is 13.8 Å². The van der Waals surface area contributed by atoms with Gasteiger partial charge in [-0.2, -0.15) is 0 Å². The normalized spacial score (nSPS) is 31.9. The SMILES string of the molecule is C[C@@H]1CN(CCI)C[C@@H]1C.I. The second kappa shape index (κ2) is 5.96. The molecule has 0 amide bonds. The molecule has 0 aromatic carbocycles. The summed E-state index contributed by atoms with van der Waals surface area (Å²) < 4.78 is 1.27. The van der Waals surface area contributed by atoms with Gasteiger partial charge in [-0.1, -0.05) is 36.4 Å². The molecule has 0 aromatic heterocycles. The van der Waals surface area contributed by atoms with E-state index in [0.29, 0.717) is 0 Å². The molecular weight excluding hydrogens is 364 g/mol. The largest absolute Gasteiger partial charge is 0.302 e. The molecule has 11 heavy (non-hydrogen) atoms. The van der Waals surface area contributed by atoms with E-state index in [-0.39, 0.29) is 24.0 Å². The molecule has 2 atom stereocenters. The van der Waals surface area contributed by atoms with Gasteiger partial charge in [-0.15, -0.1) is 24.0 Å². The van der Waals surface area contributed by atoms with Crippen LogP contribution >= 0.6 is 46.6 Å². The Morgan fingerprint density at radius 3 is 2.09 bits per heavy atom. The Bertz CT molecular complexity index is 98.3. The molecule has 1 saturated heterocycles. The molecular formula is C8H17I2N. The van der Waals surface area contributed by atoms with E-state index < -0.39 is 0 Å². The maximum atomic E-state index is 2.57. The van der Waals surface area contributed by atoms with Crippen LogP contribution in [0.3, 0.4) is 0 Å². The van der Waals surface area contributed by atoms with Crippen molar-refractivity contribution in [3.05, 3.63) is 0 Å². The van der Waals surface area contributed by atoms with Crippen molar-refractivity contribution >= 4 is 46.6 Å². The first-order valence-corrected chi connectivity index (χ1v) is 5.55. The van der Waals surface area contributed by atoms with Gasteiger partial charge in [-0.25, -0.2) is 0 Å². The zero-order valence-corrected chi connectivity index (χ0v) is 11.7. The van der Waals surface area contributed by atoms with Crippen molar-refractivity contribution in [2.75, 3.05) is 24.1 Å². The lowest BCUT2D eigenvalue weighted by molar-refractivity contribution is 0.347. The highest BCUT2D eigenvalue weighted by Gasteiger charge is 2.24. The predicted molar refractivity (Wildman–Crippen MR) is 69.1 cm³/mol. The van der Waals surface area contributed by atoms with Crippen LogP contribution in [0, 0.1) is 11.8 Å². The lowest BCUT2D eigenvalue weighted by atomic mass is 10.0. The molecule has 1 heterocycles. The van der Waals surface area contributed by atoms with Crippen LogP contribution in [-0.2, 0) is 0 Å². The molecule has 0 saturated carbocycles. The second-order valence-corrected chi connectivity index (χ2v) is 4.48. The zero-order chi connectivity index (χ0) is 7.56. The van der Waals surface area contributed by atoms with Gasteiger partial charge in [-0.3, -0.25) is 0 Å². The average molecular weight is 381 g/mol. The summed E-state index contributed by atoms with van der Waals surface area (Å²) in [6, 6.07) is 0. The summed E-state index contributed by atoms with van der Waals surface area (Å²) >= 11 is 2.45. The van der Waals surface area contributed by atoms with Crippen molar-refractivity contribution in [3.8, 4) is 0 Å². The number of rotatable bonds is 2. The minimum Gasteiger partial charge on any atom is -0.302 e. The highest BCUT2D eigenvalue weighted by molar-refractivity contribution is 14.1. The topological polar surface area (TPSA) is 3.24 Å². The average Bonchev–Trinajstić information content (AvgIpc) is 2.14. The molecule has 0 aromatic rings. The summed E-state index contributed by atoms with van der Waals surface area (Å²) in [6.07, 6.45) is 0. The molecule has 1 aliphatic rings. The van der Waals surface area contributed by atoms with Crippen LogP contribution in [-0.4, -0.2) is 29.0 Å². The van der Waals surface area contributed by atoms with Gasteiger partial charge >= 0.3 is 0 Å². The van der Waals surface area contributed by atoms with E-state index in [1.54, 1.807) is 0 Å². The van der Waals surface area contributed by atoms with E-state index in [4.69, 9.17) is 0 Å². The Balaban J connectivity index is 0.000001000. The molecule has 0 unspecified atom stereocenters. The maximum absolute atomic E-state index is 2.57. The number of hydrogen-bond acceptors (Lipinski definition) is 1.